The highest BCUT2D eigenvalue weighted by atomic mass is 79.9. The fourth-order valence-corrected chi connectivity index (χ4v) is 2.42. The fourth-order valence-electron chi connectivity index (χ4n) is 2.11. The zero-order valence-corrected chi connectivity index (χ0v) is 13.0. The van der Waals surface area contributed by atoms with Gasteiger partial charge in [0, 0.05) is 35.3 Å². The van der Waals surface area contributed by atoms with Crippen molar-refractivity contribution in [1.29, 1.82) is 0 Å². The van der Waals surface area contributed by atoms with Crippen molar-refractivity contribution >= 4 is 27.0 Å². The molecule has 0 atom stereocenters. The van der Waals surface area contributed by atoms with Crippen LogP contribution in [0.2, 0.25) is 0 Å². The van der Waals surface area contributed by atoms with Crippen LogP contribution in [0.15, 0.2) is 53.5 Å². The summed E-state index contributed by atoms with van der Waals surface area (Å²) in [6, 6.07) is 7.85. The first-order chi connectivity index (χ1) is 10.3. The van der Waals surface area contributed by atoms with Gasteiger partial charge in [-0.1, -0.05) is 0 Å². The number of rotatable bonds is 5. The van der Waals surface area contributed by atoms with Crippen molar-refractivity contribution in [2.45, 2.75) is 12.8 Å². The van der Waals surface area contributed by atoms with E-state index in [2.05, 4.69) is 30.9 Å². The molecule has 0 amide bonds. The molecule has 0 aliphatic carbocycles. The zero-order valence-electron chi connectivity index (χ0n) is 11.4. The summed E-state index contributed by atoms with van der Waals surface area (Å²) in [6.07, 6.45) is 9.06. The first-order valence-electron chi connectivity index (χ1n) is 6.75. The van der Waals surface area contributed by atoms with Crippen LogP contribution in [0.5, 0.6) is 5.75 Å². The second kappa shape index (κ2) is 6.63. The summed E-state index contributed by atoms with van der Waals surface area (Å²) >= 11 is 3.40. The number of hydrogen-bond acceptors (Lipinski definition) is 4. The minimum atomic E-state index is 0.652. The third-order valence-electron chi connectivity index (χ3n) is 3.12. The van der Waals surface area contributed by atoms with Crippen LogP contribution in [-0.2, 0) is 6.42 Å². The second-order valence-corrected chi connectivity index (χ2v) is 5.55. The van der Waals surface area contributed by atoms with E-state index in [9.17, 15) is 0 Å². The number of nitrogens with zero attached hydrogens (tertiary/aromatic N) is 3. The normalized spacial score (nSPS) is 10.7. The minimum absolute atomic E-state index is 0.652. The van der Waals surface area contributed by atoms with Gasteiger partial charge >= 0.3 is 0 Å². The molecule has 0 aliphatic heterocycles. The van der Waals surface area contributed by atoms with E-state index < -0.39 is 0 Å². The van der Waals surface area contributed by atoms with E-state index in [1.165, 1.54) is 5.56 Å². The molecule has 0 N–H and O–H groups in total. The number of aryl methyl sites for hydroxylation is 1. The van der Waals surface area contributed by atoms with Gasteiger partial charge in [0.25, 0.3) is 0 Å². The maximum atomic E-state index is 5.85. The van der Waals surface area contributed by atoms with Gasteiger partial charge in [-0.2, -0.15) is 0 Å². The monoisotopic (exact) mass is 343 g/mol. The van der Waals surface area contributed by atoms with Crippen molar-refractivity contribution in [3.05, 3.63) is 59.1 Å². The molecule has 0 saturated heterocycles. The number of fused-ring (bicyclic) bond motifs is 1. The molecule has 0 spiro atoms. The maximum absolute atomic E-state index is 5.85. The lowest BCUT2D eigenvalue weighted by molar-refractivity contribution is 0.314. The van der Waals surface area contributed by atoms with Crippen LogP contribution in [0.1, 0.15) is 12.0 Å². The van der Waals surface area contributed by atoms with Crippen molar-refractivity contribution in [1.82, 2.24) is 15.0 Å². The Bertz CT molecular complexity index is 734. The Morgan fingerprint density at radius 1 is 1.05 bits per heavy atom. The number of pyridine rings is 3. The molecular weight excluding hydrogens is 330 g/mol. The summed E-state index contributed by atoms with van der Waals surface area (Å²) in [5, 5.41) is 0. The van der Waals surface area contributed by atoms with Crippen LogP contribution in [-0.4, -0.2) is 21.6 Å². The van der Waals surface area contributed by atoms with Gasteiger partial charge in [0.2, 0.25) is 0 Å². The molecule has 0 unspecified atom stereocenters. The Hall–Kier alpha value is -2.01. The molecule has 0 radical (unpaired) electrons. The molecule has 3 aromatic heterocycles. The van der Waals surface area contributed by atoms with Crippen molar-refractivity contribution in [2.24, 2.45) is 0 Å². The highest BCUT2D eigenvalue weighted by molar-refractivity contribution is 9.10. The predicted octanol–water partition coefficient (Wildman–Crippen LogP) is 3.80. The molecule has 3 aromatic rings. The lowest BCUT2D eigenvalue weighted by Gasteiger charge is -2.08. The van der Waals surface area contributed by atoms with Crippen LogP contribution in [0.25, 0.3) is 11.0 Å². The first-order valence-corrected chi connectivity index (χ1v) is 7.54. The molecule has 0 aliphatic rings. The molecule has 5 heteroatoms. The number of ether oxygens (including phenoxy) is 1. The molecule has 0 aromatic carbocycles. The topological polar surface area (TPSA) is 47.9 Å². The summed E-state index contributed by atoms with van der Waals surface area (Å²) < 4.78 is 6.76. The Labute approximate surface area is 131 Å². The SMILES string of the molecule is Brc1cnc2c(OCCCc3ccncc3)ccnc2c1. The Morgan fingerprint density at radius 3 is 2.76 bits per heavy atom. The predicted molar refractivity (Wildman–Crippen MR) is 85.3 cm³/mol. The van der Waals surface area contributed by atoms with Crippen LogP contribution >= 0.6 is 15.9 Å². The average Bonchev–Trinajstić information content (AvgIpc) is 2.52. The fraction of sp³-hybridized carbons (Fsp3) is 0.188. The Balaban J connectivity index is 1.63. The lowest BCUT2D eigenvalue weighted by atomic mass is 10.1. The molecule has 3 heterocycles. The zero-order chi connectivity index (χ0) is 14.5. The van der Waals surface area contributed by atoms with Gasteiger partial charge in [0.1, 0.15) is 11.3 Å². The maximum Gasteiger partial charge on any atom is 0.148 e. The summed E-state index contributed by atoms with van der Waals surface area (Å²) in [6.45, 7) is 0.652. The van der Waals surface area contributed by atoms with Gasteiger partial charge < -0.3 is 4.74 Å². The van der Waals surface area contributed by atoms with Gasteiger partial charge in [-0.05, 0) is 52.5 Å². The molecule has 3 rings (SSSR count). The second-order valence-electron chi connectivity index (χ2n) is 4.64. The van der Waals surface area contributed by atoms with Crippen LogP contribution in [0.4, 0.5) is 0 Å². The van der Waals surface area contributed by atoms with Gasteiger partial charge in [-0.15, -0.1) is 0 Å². The largest absolute Gasteiger partial charge is 0.491 e. The Kier molecular flexibility index (Phi) is 4.40. The van der Waals surface area contributed by atoms with Crippen LogP contribution < -0.4 is 4.74 Å². The standard InChI is InChI=1S/C16H14BrN3O/c17-13-10-14-16(20-11-13)15(5-8-19-14)21-9-1-2-12-3-6-18-7-4-12/h3-8,10-11H,1-2,9H2. The summed E-state index contributed by atoms with van der Waals surface area (Å²) in [7, 11) is 0. The summed E-state index contributed by atoms with van der Waals surface area (Å²) in [5.41, 5.74) is 2.90. The van der Waals surface area contributed by atoms with Crippen molar-refractivity contribution in [3.63, 3.8) is 0 Å². The van der Waals surface area contributed by atoms with Crippen LogP contribution in [0.3, 0.4) is 0 Å². The average molecular weight is 344 g/mol. The lowest BCUT2D eigenvalue weighted by Crippen LogP contribution is -2.01. The van der Waals surface area contributed by atoms with Gasteiger partial charge in [-0.3, -0.25) is 9.97 Å². The van der Waals surface area contributed by atoms with Gasteiger partial charge in [0.05, 0.1) is 12.1 Å². The third-order valence-corrected chi connectivity index (χ3v) is 3.56. The third kappa shape index (κ3) is 3.55. The van der Waals surface area contributed by atoms with Crippen LogP contribution in [0, 0.1) is 0 Å². The van der Waals surface area contributed by atoms with E-state index in [-0.39, 0.29) is 0 Å². The molecule has 21 heavy (non-hydrogen) atoms. The van der Waals surface area contributed by atoms with Crippen molar-refractivity contribution in [3.8, 4) is 5.75 Å². The summed E-state index contributed by atoms with van der Waals surface area (Å²) in [5.74, 6) is 0.780. The molecule has 0 bridgehead atoms. The van der Waals surface area contributed by atoms with E-state index >= 15 is 0 Å². The van der Waals surface area contributed by atoms with E-state index in [1.54, 1.807) is 12.4 Å². The number of aromatic nitrogens is 3. The van der Waals surface area contributed by atoms with E-state index in [4.69, 9.17) is 4.74 Å². The number of halogens is 1. The van der Waals surface area contributed by atoms with Crippen molar-refractivity contribution in [2.75, 3.05) is 6.61 Å². The quantitative estimate of drug-likeness (QED) is 0.661. The van der Waals surface area contributed by atoms with Gasteiger partial charge in [-0.25, -0.2) is 4.98 Å². The van der Waals surface area contributed by atoms with Crippen molar-refractivity contribution < 1.29 is 4.74 Å². The Morgan fingerprint density at radius 2 is 1.90 bits per heavy atom. The molecule has 0 saturated carbocycles. The molecular formula is C16H14BrN3O. The smallest absolute Gasteiger partial charge is 0.148 e. The highest BCUT2D eigenvalue weighted by Crippen LogP contribution is 2.24. The highest BCUT2D eigenvalue weighted by Gasteiger charge is 2.05. The number of hydrogen-bond donors (Lipinski definition) is 0. The van der Waals surface area contributed by atoms with Gasteiger partial charge in [0.15, 0.2) is 0 Å². The first kappa shape index (κ1) is 13.9. The van der Waals surface area contributed by atoms with E-state index in [0.717, 1.165) is 34.1 Å². The van der Waals surface area contributed by atoms with E-state index in [0.29, 0.717) is 6.61 Å². The van der Waals surface area contributed by atoms with E-state index in [1.807, 2.05) is 36.7 Å². The molecule has 0 fully saturated rings. The minimum Gasteiger partial charge on any atom is -0.491 e. The summed E-state index contributed by atoms with van der Waals surface area (Å²) in [4.78, 5) is 12.7. The molecule has 4 nitrogen and oxygen atoms in total. The molecule has 106 valence electrons.